The van der Waals surface area contributed by atoms with Gasteiger partial charge in [0.15, 0.2) is 0 Å². The van der Waals surface area contributed by atoms with Gasteiger partial charge in [-0.05, 0) is 72.2 Å². The number of benzene rings is 3. The fourth-order valence-electron chi connectivity index (χ4n) is 3.72. The number of esters is 1. The quantitative estimate of drug-likeness (QED) is 0.264. The molecular formula is C27H20BrFN2O5. The second-order valence-electron chi connectivity index (χ2n) is 7.84. The van der Waals surface area contributed by atoms with E-state index >= 15 is 0 Å². The molecule has 1 aliphatic heterocycles. The van der Waals surface area contributed by atoms with E-state index < -0.39 is 23.8 Å². The van der Waals surface area contributed by atoms with Crippen LogP contribution in [0.4, 0.5) is 14.9 Å². The Morgan fingerprint density at radius 1 is 1.03 bits per heavy atom. The molecule has 0 aromatic heterocycles. The van der Waals surface area contributed by atoms with Crippen LogP contribution in [0, 0.1) is 5.82 Å². The van der Waals surface area contributed by atoms with Crippen molar-refractivity contribution in [2.75, 3.05) is 11.5 Å². The molecule has 0 unspecified atom stereocenters. The van der Waals surface area contributed by atoms with Crippen molar-refractivity contribution < 1.29 is 28.3 Å². The van der Waals surface area contributed by atoms with Gasteiger partial charge >= 0.3 is 12.0 Å². The van der Waals surface area contributed by atoms with E-state index in [1.54, 1.807) is 43.3 Å². The van der Waals surface area contributed by atoms with Crippen molar-refractivity contribution >= 4 is 51.5 Å². The summed E-state index contributed by atoms with van der Waals surface area (Å²) in [5, 5.41) is 2.17. The number of halogens is 2. The molecular weight excluding hydrogens is 531 g/mol. The Bertz CT molecular complexity index is 1400. The Kier molecular flexibility index (Phi) is 7.40. The van der Waals surface area contributed by atoms with Gasteiger partial charge in [0, 0.05) is 10.9 Å². The Morgan fingerprint density at radius 2 is 1.75 bits per heavy atom. The molecule has 1 aliphatic rings. The number of nitrogens with one attached hydrogen (secondary N) is 1. The number of ether oxygens (including phenoxy) is 1. The zero-order valence-corrected chi connectivity index (χ0v) is 20.7. The van der Waals surface area contributed by atoms with Gasteiger partial charge in [-0.1, -0.05) is 40.2 Å². The van der Waals surface area contributed by atoms with E-state index in [1.165, 1.54) is 36.4 Å². The number of hydrogen-bond acceptors (Lipinski definition) is 5. The molecule has 0 saturated carbocycles. The summed E-state index contributed by atoms with van der Waals surface area (Å²) in [6.45, 7) is 1.89. The van der Waals surface area contributed by atoms with Crippen LogP contribution in [0.15, 0.2) is 76.8 Å². The number of imide groups is 2. The summed E-state index contributed by atoms with van der Waals surface area (Å²) in [5.41, 5.74) is 1.81. The summed E-state index contributed by atoms with van der Waals surface area (Å²) in [6, 6.07) is 16.4. The minimum absolute atomic E-state index is 0.171. The maximum absolute atomic E-state index is 14.3. The van der Waals surface area contributed by atoms with Crippen molar-refractivity contribution in [2.24, 2.45) is 0 Å². The van der Waals surface area contributed by atoms with Crippen LogP contribution in [0.25, 0.3) is 6.08 Å². The molecule has 7 nitrogen and oxygen atoms in total. The predicted octanol–water partition coefficient (Wildman–Crippen LogP) is 5.02. The zero-order valence-electron chi connectivity index (χ0n) is 19.1. The van der Waals surface area contributed by atoms with Crippen molar-refractivity contribution in [3.05, 3.63) is 105 Å². The molecule has 1 heterocycles. The second-order valence-corrected chi connectivity index (χ2v) is 8.75. The number of amides is 4. The molecule has 1 saturated heterocycles. The molecule has 9 heteroatoms. The molecule has 3 aromatic carbocycles. The molecule has 0 aliphatic carbocycles. The lowest BCUT2D eigenvalue weighted by Gasteiger charge is -2.26. The van der Waals surface area contributed by atoms with Crippen molar-refractivity contribution in [3.63, 3.8) is 0 Å². The van der Waals surface area contributed by atoms with E-state index in [-0.39, 0.29) is 35.7 Å². The molecule has 182 valence electrons. The molecule has 4 rings (SSSR count). The number of barbiturate groups is 1. The van der Waals surface area contributed by atoms with Crippen molar-refractivity contribution in [1.29, 1.82) is 0 Å². The number of rotatable bonds is 6. The summed E-state index contributed by atoms with van der Waals surface area (Å²) in [5.74, 6) is -2.58. The van der Waals surface area contributed by atoms with E-state index in [9.17, 15) is 23.6 Å². The third-order valence-corrected chi connectivity index (χ3v) is 5.98. The van der Waals surface area contributed by atoms with E-state index in [2.05, 4.69) is 21.2 Å². The van der Waals surface area contributed by atoms with Crippen molar-refractivity contribution in [1.82, 2.24) is 5.32 Å². The number of anilines is 1. The summed E-state index contributed by atoms with van der Waals surface area (Å²) in [7, 11) is 0. The summed E-state index contributed by atoms with van der Waals surface area (Å²) >= 11 is 3.39. The third-order valence-electron chi connectivity index (χ3n) is 5.48. The topological polar surface area (TPSA) is 92.8 Å². The number of nitrogens with zero attached hydrogens (tertiary/aromatic N) is 1. The first kappa shape index (κ1) is 25.0. The third kappa shape index (κ3) is 5.26. The van der Waals surface area contributed by atoms with Crippen LogP contribution in [-0.2, 0) is 20.7 Å². The zero-order chi connectivity index (χ0) is 25.8. The molecule has 0 radical (unpaired) electrons. The highest BCUT2D eigenvalue weighted by Gasteiger charge is 2.37. The first-order valence-electron chi connectivity index (χ1n) is 11.0. The van der Waals surface area contributed by atoms with E-state index in [0.29, 0.717) is 21.2 Å². The molecule has 1 fully saturated rings. The van der Waals surface area contributed by atoms with Gasteiger partial charge in [-0.2, -0.15) is 0 Å². The second kappa shape index (κ2) is 10.7. The molecule has 0 atom stereocenters. The summed E-state index contributed by atoms with van der Waals surface area (Å²) in [6.07, 6.45) is 1.61. The summed E-state index contributed by atoms with van der Waals surface area (Å²) < 4.78 is 19.9. The van der Waals surface area contributed by atoms with E-state index in [0.717, 1.165) is 4.90 Å². The fourth-order valence-corrected chi connectivity index (χ4v) is 4.10. The highest BCUT2D eigenvalue weighted by atomic mass is 79.9. The number of carbonyl (C=O) groups is 4. The highest BCUT2D eigenvalue weighted by molar-refractivity contribution is 9.10. The molecule has 36 heavy (non-hydrogen) atoms. The van der Waals surface area contributed by atoms with Gasteiger partial charge in [-0.25, -0.2) is 18.9 Å². The lowest BCUT2D eigenvalue weighted by Crippen LogP contribution is -2.54. The van der Waals surface area contributed by atoms with Crippen LogP contribution in [0.3, 0.4) is 0 Å². The molecule has 0 spiro atoms. The normalized spacial score (nSPS) is 14.7. The number of carbonyl (C=O) groups excluding carboxylic acids is 4. The SMILES string of the molecule is CCOC(=O)c1ccc(N2C(=O)NC(=O)/C(=C\c3cc(Br)ccc3Cc3ccccc3F)C2=O)cc1. The Balaban J connectivity index is 1.69. The minimum atomic E-state index is -0.910. The van der Waals surface area contributed by atoms with Gasteiger partial charge in [-0.15, -0.1) is 0 Å². The number of hydrogen-bond donors (Lipinski definition) is 1. The Hall–Kier alpha value is -4.11. The van der Waals surface area contributed by atoms with Crippen LogP contribution in [0.1, 0.15) is 34.0 Å². The average Bonchev–Trinajstić information content (AvgIpc) is 2.85. The van der Waals surface area contributed by atoms with Crippen LogP contribution in [0.5, 0.6) is 0 Å². The minimum Gasteiger partial charge on any atom is -0.462 e. The lowest BCUT2D eigenvalue weighted by molar-refractivity contribution is -0.122. The maximum Gasteiger partial charge on any atom is 0.338 e. The van der Waals surface area contributed by atoms with Crippen molar-refractivity contribution in [2.45, 2.75) is 13.3 Å². The largest absolute Gasteiger partial charge is 0.462 e. The molecule has 4 amide bonds. The standard InChI is InChI=1S/C27H20BrFN2O5/c1-2-36-26(34)16-8-11-21(12-9-16)31-25(33)22(24(32)30-27(31)35)15-19-14-20(28)10-7-17(19)13-18-5-3-4-6-23(18)29/h3-12,14-15H,2,13H2,1H3,(H,30,32,35)/b22-15+. The summed E-state index contributed by atoms with van der Waals surface area (Å²) in [4.78, 5) is 51.2. The van der Waals surface area contributed by atoms with Gasteiger partial charge < -0.3 is 4.74 Å². The lowest BCUT2D eigenvalue weighted by atomic mass is 9.97. The smallest absolute Gasteiger partial charge is 0.338 e. The van der Waals surface area contributed by atoms with Crippen molar-refractivity contribution in [3.8, 4) is 0 Å². The fraction of sp³-hybridized carbons (Fsp3) is 0.111. The maximum atomic E-state index is 14.3. The average molecular weight is 551 g/mol. The Labute approximate surface area is 214 Å². The van der Waals surface area contributed by atoms with E-state index in [1.807, 2.05) is 0 Å². The number of urea groups is 1. The molecule has 1 N–H and O–H groups in total. The van der Waals surface area contributed by atoms with Crippen LogP contribution in [0.2, 0.25) is 0 Å². The van der Waals surface area contributed by atoms with Gasteiger partial charge in [0.25, 0.3) is 11.8 Å². The Morgan fingerprint density at radius 3 is 2.44 bits per heavy atom. The first-order chi connectivity index (χ1) is 17.3. The van der Waals surface area contributed by atoms with E-state index in [4.69, 9.17) is 4.74 Å². The van der Waals surface area contributed by atoms with Crippen LogP contribution < -0.4 is 10.2 Å². The highest BCUT2D eigenvalue weighted by Crippen LogP contribution is 2.26. The molecule has 3 aromatic rings. The first-order valence-corrected chi connectivity index (χ1v) is 11.8. The predicted molar refractivity (Wildman–Crippen MR) is 135 cm³/mol. The van der Waals surface area contributed by atoms with Gasteiger partial charge in [0.2, 0.25) is 0 Å². The van der Waals surface area contributed by atoms with Crippen LogP contribution in [-0.4, -0.2) is 30.4 Å². The molecule has 0 bridgehead atoms. The monoisotopic (exact) mass is 550 g/mol. The van der Waals surface area contributed by atoms with Crippen LogP contribution >= 0.6 is 15.9 Å². The van der Waals surface area contributed by atoms with Gasteiger partial charge in [0.05, 0.1) is 17.9 Å². The van der Waals surface area contributed by atoms with Gasteiger partial charge in [-0.3, -0.25) is 14.9 Å². The van der Waals surface area contributed by atoms with Gasteiger partial charge in [0.1, 0.15) is 11.4 Å².